The molecule has 0 saturated carbocycles. The van der Waals surface area contributed by atoms with Crippen LogP contribution < -0.4 is 10.1 Å². The summed E-state index contributed by atoms with van der Waals surface area (Å²) in [6.07, 6.45) is 6.70. The van der Waals surface area contributed by atoms with E-state index in [0.717, 1.165) is 16.9 Å². The number of nitrogens with one attached hydrogen (secondary N) is 1. The Bertz CT molecular complexity index is 1030. The summed E-state index contributed by atoms with van der Waals surface area (Å²) in [6.45, 7) is 0.907. The molecular formula is C18H15ClN6O. The summed E-state index contributed by atoms with van der Waals surface area (Å²) in [5, 5.41) is 8.16. The number of hydrogen-bond acceptors (Lipinski definition) is 6. The predicted octanol–water partition coefficient (Wildman–Crippen LogP) is 3.36. The number of hydrogen-bond donors (Lipinski definition) is 1. The zero-order chi connectivity index (χ0) is 17.8. The maximum atomic E-state index is 5.98. The normalized spacial score (nSPS) is 10.8. The van der Waals surface area contributed by atoms with Gasteiger partial charge in [-0.2, -0.15) is 10.1 Å². The number of rotatable bonds is 6. The van der Waals surface area contributed by atoms with Crippen LogP contribution in [-0.4, -0.2) is 24.6 Å². The molecular weight excluding hydrogens is 352 g/mol. The van der Waals surface area contributed by atoms with Crippen molar-refractivity contribution in [2.75, 3.05) is 5.32 Å². The van der Waals surface area contributed by atoms with Gasteiger partial charge in [0.1, 0.15) is 12.4 Å². The molecule has 0 aliphatic rings. The molecule has 0 aliphatic heterocycles. The predicted molar refractivity (Wildman–Crippen MR) is 98.1 cm³/mol. The summed E-state index contributed by atoms with van der Waals surface area (Å²) in [7, 11) is 0. The molecule has 0 saturated heterocycles. The molecule has 0 spiro atoms. The molecule has 1 aromatic carbocycles. The summed E-state index contributed by atoms with van der Waals surface area (Å²) >= 11 is 5.98. The van der Waals surface area contributed by atoms with E-state index in [2.05, 4.69) is 25.4 Å². The summed E-state index contributed by atoms with van der Waals surface area (Å²) in [5.74, 6) is 1.06. The van der Waals surface area contributed by atoms with Crippen LogP contribution in [0.1, 0.15) is 11.3 Å². The average molecular weight is 367 g/mol. The third-order valence-electron chi connectivity index (χ3n) is 3.71. The van der Waals surface area contributed by atoms with E-state index < -0.39 is 0 Å². The van der Waals surface area contributed by atoms with E-state index in [9.17, 15) is 0 Å². The average Bonchev–Trinajstić information content (AvgIpc) is 3.15. The zero-order valence-corrected chi connectivity index (χ0v) is 14.5. The van der Waals surface area contributed by atoms with Crippen molar-refractivity contribution in [1.82, 2.24) is 24.6 Å². The Morgan fingerprint density at radius 3 is 3.00 bits per heavy atom. The highest BCUT2D eigenvalue weighted by atomic mass is 35.5. The van der Waals surface area contributed by atoms with Gasteiger partial charge in [-0.25, -0.2) is 9.50 Å². The fourth-order valence-corrected chi connectivity index (χ4v) is 2.70. The standard InChI is InChI=1S/C18H15ClN6O/c19-14-3-1-2-13(8-14)12-26-18-11-20-10-16(24-18)22-9-15-4-6-21-17-5-7-23-25(15)17/h1-8,10-11H,9,12H2,(H,22,24). The number of ether oxygens (including phenoxy) is 1. The highest BCUT2D eigenvalue weighted by Crippen LogP contribution is 2.15. The molecule has 0 fully saturated rings. The van der Waals surface area contributed by atoms with E-state index in [-0.39, 0.29) is 0 Å². The van der Waals surface area contributed by atoms with Crippen molar-refractivity contribution in [1.29, 1.82) is 0 Å². The third-order valence-corrected chi connectivity index (χ3v) is 3.94. The molecule has 7 nitrogen and oxygen atoms in total. The van der Waals surface area contributed by atoms with Gasteiger partial charge < -0.3 is 10.1 Å². The number of fused-ring (bicyclic) bond motifs is 1. The maximum Gasteiger partial charge on any atom is 0.234 e. The van der Waals surface area contributed by atoms with Crippen molar-refractivity contribution < 1.29 is 4.74 Å². The summed E-state index contributed by atoms with van der Waals surface area (Å²) < 4.78 is 7.48. The Kier molecular flexibility index (Phi) is 4.61. The minimum atomic E-state index is 0.372. The van der Waals surface area contributed by atoms with Crippen molar-refractivity contribution in [2.24, 2.45) is 0 Å². The smallest absolute Gasteiger partial charge is 0.234 e. The quantitative estimate of drug-likeness (QED) is 0.563. The van der Waals surface area contributed by atoms with E-state index in [1.807, 2.05) is 36.4 Å². The van der Waals surface area contributed by atoms with Crippen LogP contribution in [-0.2, 0) is 13.2 Å². The lowest BCUT2D eigenvalue weighted by molar-refractivity contribution is 0.293. The van der Waals surface area contributed by atoms with Gasteiger partial charge in [-0.3, -0.25) is 4.98 Å². The minimum Gasteiger partial charge on any atom is -0.472 e. The molecule has 1 N–H and O–H groups in total. The van der Waals surface area contributed by atoms with Crippen LogP contribution in [0.4, 0.5) is 5.82 Å². The maximum absolute atomic E-state index is 5.98. The van der Waals surface area contributed by atoms with Gasteiger partial charge in [-0.1, -0.05) is 23.7 Å². The molecule has 4 aromatic rings. The lowest BCUT2D eigenvalue weighted by Gasteiger charge is -2.09. The van der Waals surface area contributed by atoms with Crippen LogP contribution in [0.2, 0.25) is 5.02 Å². The lowest BCUT2D eigenvalue weighted by Crippen LogP contribution is -2.08. The number of aromatic nitrogens is 5. The van der Waals surface area contributed by atoms with Crippen LogP contribution >= 0.6 is 11.6 Å². The Morgan fingerprint density at radius 2 is 2.08 bits per heavy atom. The van der Waals surface area contributed by atoms with E-state index in [1.165, 1.54) is 0 Å². The molecule has 3 aromatic heterocycles. The number of halogens is 1. The summed E-state index contributed by atoms with van der Waals surface area (Å²) in [5.41, 5.74) is 2.73. The number of benzene rings is 1. The molecule has 0 aliphatic carbocycles. The van der Waals surface area contributed by atoms with Crippen molar-refractivity contribution in [2.45, 2.75) is 13.2 Å². The first kappa shape index (κ1) is 16.3. The summed E-state index contributed by atoms with van der Waals surface area (Å²) in [6, 6.07) is 11.3. The van der Waals surface area contributed by atoms with Crippen molar-refractivity contribution >= 4 is 23.1 Å². The Balaban J connectivity index is 1.42. The minimum absolute atomic E-state index is 0.372. The second kappa shape index (κ2) is 7.37. The molecule has 8 heteroatoms. The fraction of sp³-hybridized carbons (Fsp3) is 0.111. The van der Waals surface area contributed by atoms with E-state index >= 15 is 0 Å². The second-order valence-electron chi connectivity index (χ2n) is 5.55. The van der Waals surface area contributed by atoms with Crippen molar-refractivity contribution in [3.05, 3.63) is 77.5 Å². The van der Waals surface area contributed by atoms with Crippen LogP contribution in [0, 0.1) is 0 Å². The Labute approximate surface area is 154 Å². The van der Waals surface area contributed by atoms with E-state index in [1.54, 1.807) is 29.3 Å². The first-order chi connectivity index (χ1) is 12.8. The highest BCUT2D eigenvalue weighted by Gasteiger charge is 2.04. The first-order valence-electron chi connectivity index (χ1n) is 7.99. The van der Waals surface area contributed by atoms with E-state index in [0.29, 0.717) is 29.9 Å². The molecule has 0 bridgehead atoms. The SMILES string of the molecule is Clc1cccc(COc2cncc(NCc3ccnc4ccnn34)n2)c1. The van der Waals surface area contributed by atoms with Gasteiger partial charge in [0.15, 0.2) is 5.65 Å². The Morgan fingerprint density at radius 1 is 1.12 bits per heavy atom. The molecule has 0 atom stereocenters. The highest BCUT2D eigenvalue weighted by molar-refractivity contribution is 6.30. The van der Waals surface area contributed by atoms with Crippen LogP contribution in [0.15, 0.2) is 61.2 Å². The van der Waals surface area contributed by atoms with Crippen LogP contribution in [0.3, 0.4) is 0 Å². The number of anilines is 1. The number of nitrogens with zero attached hydrogens (tertiary/aromatic N) is 5. The van der Waals surface area contributed by atoms with Gasteiger partial charge in [-0.05, 0) is 23.8 Å². The summed E-state index contributed by atoms with van der Waals surface area (Å²) in [4.78, 5) is 12.8. The van der Waals surface area contributed by atoms with E-state index in [4.69, 9.17) is 16.3 Å². The molecule has 4 rings (SSSR count). The lowest BCUT2D eigenvalue weighted by atomic mass is 10.2. The topological polar surface area (TPSA) is 77.2 Å². The molecule has 3 heterocycles. The van der Waals surface area contributed by atoms with Gasteiger partial charge in [0.05, 0.1) is 30.8 Å². The van der Waals surface area contributed by atoms with Gasteiger partial charge >= 0.3 is 0 Å². The first-order valence-corrected chi connectivity index (χ1v) is 8.36. The second-order valence-corrected chi connectivity index (χ2v) is 5.99. The van der Waals surface area contributed by atoms with Crippen molar-refractivity contribution in [3.8, 4) is 5.88 Å². The largest absolute Gasteiger partial charge is 0.472 e. The monoisotopic (exact) mass is 366 g/mol. The molecule has 0 radical (unpaired) electrons. The van der Waals surface area contributed by atoms with Crippen LogP contribution in [0.5, 0.6) is 5.88 Å². The Hall–Kier alpha value is -3.19. The molecule has 0 amide bonds. The third kappa shape index (κ3) is 3.73. The van der Waals surface area contributed by atoms with Gasteiger partial charge in [0, 0.05) is 17.3 Å². The molecule has 130 valence electrons. The van der Waals surface area contributed by atoms with Gasteiger partial charge in [0.25, 0.3) is 0 Å². The van der Waals surface area contributed by atoms with Gasteiger partial charge in [0.2, 0.25) is 5.88 Å². The van der Waals surface area contributed by atoms with Crippen molar-refractivity contribution in [3.63, 3.8) is 0 Å². The van der Waals surface area contributed by atoms with Crippen LogP contribution in [0.25, 0.3) is 5.65 Å². The molecule has 26 heavy (non-hydrogen) atoms. The fourth-order valence-electron chi connectivity index (χ4n) is 2.49. The molecule has 0 unspecified atom stereocenters. The zero-order valence-electron chi connectivity index (χ0n) is 13.7. The van der Waals surface area contributed by atoms with Gasteiger partial charge in [-0.15, -0.1) is 0 Å².